The second-order valence-electron chi connectivity index (χ2n) is 12.3. The molecular formula is C33H46F3N3O7S. The van der Waals surface area contributed by atoms with E-state index in [0.29, 0.717) is 25.9 Å². The molecule has 14 heteroatoms. The van der Waals surface area contributed by atoms with E-state index in [4.69, 9.17) is 9.47 Å². The molecular weight excluding hydrogens is 639 g/mol. The number of likely N-dealkylation sites (N-methyl/N-ethyl adjacent to an activating group) is 1. The van der Waals surface area contributed by atoms with Gasteiger partial charge in [-0.3, -0.25) is 14.3 Å². The van der Waals surface area contributed by atoms with Crippen molar-refractivity contribution in [3.05, 3.63) is 53.6 Å². The van der Waals surface area contributed by atoms with E-state index < -0.39 is 58.9 Å². The third kappa shape index (κ3) is 11.4. The number of ether oxygens (including phenoxy) is 2. The second kappa shape index (κ2) is 16.6. The maximum Gasteiger partial charge on any atom is 0.389 e. The van der Waals surface area contributed by atoms with Gasteiger partial charge in [0.25, 0.3) is 15.9 Å². The Morgan fingerprint density at radius 3 is 2.47 bits per heavy atom. The Bertz CT molecular complexity index is 1450. The van der Waals surface area contributed by atoms with Gasteiger partial charge in [0.1, 0.15) is 5.75 Å². The maximum absolute atomic E-state index is 14.2. The fraction of sp³-hybridized carbons (Fsp3) is 0.576. The molecule has 1 aliphatic rings. The van der Waals surface area contributed by atoms with Crippen molar-refractivity contribution in [3.8, 4) is 5.75 Å². The lowest BCUT2D eigenvalue weighted by Gasteiger charge is -2.36. The van der Waals surface area contributed by atoms with Crippen LogP contribution in [0.5, 0.6) is 5.75 Å². The molecule has 2 aromatic carbocycles. The van der Waals surface area contributed by atoms with E-state index in [1.807, 2.05) is 13.8 Å². The molecule has 2 amide bonds. The summed E-state index contributed by atoms with van der Waals surface area (Å²) < 4.78 is 79.4. The van der Waals surface area contributed by atoms with Crippen LogP contribution in [0.4, 0.5) is 18.9 Å². The topological polar surface area (TPSA) is 125 Å². The summed E-state index contributed by atoms with van der Waals surface area (Å²) in [6, 6.07) is 10.1. The summed E-state index contributed by atoms with van der Waals surface area (Å²) in [6.45, 7) is 7.18. The lowest BCUT2D eigenvalue weighted by Crippen LogP contribution is -2.48. The van der Waals surface area contributed by atoms with E-state index >= 15 is 0 Å². The lowest BCUT2D eigenvalue weighted by atomic mass is 10.0. The number of hydrogen-bond donors (Lipinski definition) is 2. The molecule has 3 rings (SSSR count). The number of carbonyl (C=O) groups excluding carboxylic acids is 2. The summed E-state index contributed by atoms with van der Waals surface area (Å²) in [5, 5.41) is 10.1. The second-order valence-corrected chi connectivity index (χ2v) is 14.0. The maximum atomic E-state index is 14.2. The molecule has 4 atom stereocenters. The molecule has 0 fully saturated rings. The first-order valence-electron chi connectivity index (χ1n) is 15.7. The Hall–Kier alpha value is -3.36. The number of rotatable bonds is 9. The van der Waals surface area contributed by atoms with Crippen LogP contribution in [0.15, 0.2) is 47.4 Å². The number of aliphatic hydroxyl groups is 1. The number of aryl methyl sites for hydroxylation is 1. The first-order chi connectivity index (χ1) is 22.0. The van der Waals surface area contributed by atoms with Gasteiger partial charge in [-0.2, -0.15) is 13.2 Å². The van der Waals surface area contributed by atoms with Crippen LogP contribution in [0.25, 0.3) is 0 Å². The summed E-state index contributed by atoms with van der Waals surface area (Å²) in [5.74, 6) is -1.36. The fourth-order valence-corrected chi connectivity index (χ4v) is 6.24. The zero-order valence-electron chi connectivity index (χ0n) is 27.5. The fourth-order valence-electron chi connectivity index (χ4n) is 5.19. The molecule has 0 aromatic heterocycles. The molecule has 0 unspecified atom stereocenters. The summed E-state index contributed by atoms with van der Waals surface area (Å²) >= 11 is 0. The highest BCUT2D eigenvalue weighted by Gasteiger charge is 2.32. The predicted octanol–water partition coefficient (Wildman–Crippen LogP) is 5.39. The monoisotopic (exact) mass is 685 g/mol. The summed E-state index contributed by atoms with van der Waals surface area (Å²) in [6.07, 6.45) is -5.31. The molecule has 2 aromatic rings. The van der Waals surface area contributed by atoms with E-state index in [1.165, 1.54) is 41.1 Å². The van der Waals surface area contributed by atoms with Gasteiger partial charge >= 0.3 is 6.18 Å². The van der Waals surface area contributed by atoms with Crippen LogP contribution in [0.2, 0.25) is 0 Å². The standard InChI is InChI=1S/C33H46F3N3O7S/c1-22-9-12-27(13-10-22)47(43,44)37-26-11-14-29-28(18-26)32(42)39(24(3)21-40)19-23(2)30(45-17-7-6-8-25(4)46-29)20-38(5)31(41)15-16-33(34,35)36/h9-14,18,23-25,30,37,40H,6-8,15-17,19-21H2,1-5H3/t23-,24+,25+,30-/m0/s1. The molecule has 2 N–H and O–H groups in total. The number of alkyl halides is 3. The summed E-state index contributed by atoms with van der Waals surface area (Å²) in [7, 11) is -2.56. The predicted molar refractivity (Wildman–Crippen MR) is 172 cm³/mol. The van der Waals surface area contributed by atoms with Gasteiger partial charge in [-0.25, -0.2) is 8.42 Å². The van der Waals surface area contributed by atoms with E-state index in [0.717, 1.165) is 5.56 Å². The Morgan fingerprint density at radius 1 is 1.15 bits per heavy atom. The highest BCUT2D eigenvalue weighted by molar-refractivity contribution is 7.92. The Morgan fingerprint density at radius 2 is 1.83 bits per heavy atom. The Balaban J connectivity index is 1.95. The highest BCUT2D eigenvalue weighted by Crippen LogP contribution is 2.30. The van der Waals surface area contributed by atoms with Crippen molar-refractivity contribution in [2.24, 2.45) is 5.92 Å². The highest BCUT2D eigenvalue weighted by atomic mass is 32.2. The zero-order valence-corrected chi connectivity index (χ0v) is 28.4. The smallest absolute Gasteiger partial charge is 0.389 e. The van der Waals surface area contributed by atoms with Crippen LogP contribution in [0.1, 0.15) is 68.8 Å². The van der Waals surface area contributed by atoms with Crippen molar-refractivity contribution in [1.82, 2.24) is 9.80 Å². The van der Waals surface area contributed by atoms with Crippen molar-refractivity contribution in [2.45, 2.75) is 89.1 Å². The third-order valence-corrected chi connectivity index (χ3v) is 9.53. The van der Waals surface area contributed by atoms with Gasteiger partial charge in [0, 0.05) is 44.8 Å². The van der Waals surface area contributed by atoms with Gasteiger partial charge in [-0.05, 0) is 70.4 Å². The number of amides is 2. The average molecular weight is 686 g/mol. The molecule has 0 spiro atoms. The van der Waals surface area contributed by atoms with Gasteiger partial charge in [0.2, 0.25) is 5.91 Å². The van der Waals surface area contributed by atoms with Gasteiger partial charge in [-0.1, -0.05) is 24.6 Å². The van der Waals surface area contributed by atoms with Crippen LogP contribution in [-0.2, 0) is 19.6 Å². The van der Waals surface area contributed by atoms with Crippen molar-refractivity contribution in [3.63, 3.8) is 0 Å². The first-order valence-corrected chi connectivity index (χ1v) is 17.2. The lowest BCUT2D eigenvalue weighted by molar-refractivity contribution is -0.149. The molecule has 47 heavy (non-hydrogen) atoms. The number of carbonyl (C=O) groups is 2. The quantitative estimate of drug-likeness (QED) is 0.363. The number of anilines is 1. The van der Waals surface area contributed by atoms with E-state index in [2.05, 4.69) is 4.72 Å². The van der Waals surface area contributed by atoms with Crippen LogP contribution in [-0.4, -0.2) is 92.9 Å². The molecule has 0 radical (unpaired) electrons. The molecule has 0 saturated heterocycles. The average Bonchev–Trinajstić information content (AvgIpc) is 3.00. The SMILES string of the molecule is Cc1ccc(S(=O)(=O)Nc2ccc3c(c2)C(=O)N([C@H](C)CO)C[C@H](C)[C@H](CN(C)C(=O)CCC(F)(F)F)OCCCC[C@@H](C)O3)cc1. The molecule has 1 heterocycles. The summed E-state index contributed by atoms with van der Waals surface area (Å²) in [5.41, 5.74) is 1.12. The molecule has 262 valence electrons. The van der Waals surface area contributed by atoms with E-state index in [1.54, 1.807) is 32.0 Å². The first kappa shape index (κ1) is 38.1. The van der Waals surface area contributed by atoms with E-state index in [9.17, 15) is 36.3 Å². The van der Waals surface area contributed by atoms with Crippen molar-refractivity contribution >= 4 is 27.5 Å². The number of benzene rings is 2. The van der Waals surface area contributed by atoms with Crippen LogP contribution < -0.4 is 9.46 Å². The number of nitrogens with one attached hydrogen (secondary N) is 1. The van der Waals surface area contributed by atoms with Crippen LogP contribution in [0, 0.1) is 12.8 Å². The number of aliphatic hydroxyl groups excluding tert-OH is 1. The molecule has 0 saturated carbocycles. The Kier molecular flexibility index (Phi) is 13.5. The van der Waals surface area contributed by atoms with Crippen LogP contribution in [0.3, 0.4) is 0 Å². The number of sulfonamides is 1. The number of halogens is 3. The normalized spacial score (nSPS) is 20.8. The van der Waals surface area contributed by atoms with Gasteiger partial charge in [0.05, 0.1) is 41.7 Å². The minimum Gasteiger partial charge on any atom is -0.490 e. The number of fused-ring (bicyclic) bond motifs is 1. The molecule has 10 nitrogen and oxygen atoms in total. The van der Waals surface area contributed by atoms with E-state index in [-0.39, 0.29) is 47.7 Å². The molecule has 0 aliphatic carbocycles. The minimum absolute atomic E-state index is 0.00837. The molecule has 0 bridgehead atoms. The van der Waals surface area contributed by atoms with Crippen molar-refractivity contribution < 1.29 is 45.8 Å². The van der Waals surface area contributed by atoms with Crippen molar-refractivity contribution in [2.75, 3.05) is 38.1 Å². The zero-order chi connectivity index (χ0) is 34.9. The largest absolute Gasteiger partial charge is 0.490 e. The third-order valence-electron chi connectivity index (χ3n) is 8.14. The summed E-state index contributed by atoms with van der Waals surface area (Å²) in [4.78, 5) is 29.5. The van der Waals surface area contributed by atoms with Gasteiger partial charge < -0.3 is 24.4 Å². The van der Waals surface area contributed by atoms with Gasteiger partial charge in [0.15, 0.2) is 0 Å². The Labute approximate surface area is 275 Å². The van der Waals surface area contributed by atoms with Gasteiger partial charge in [-0.15, -0.1) is 0 Å². The van der Waals surface area contributed by atoms with Crippen molar-refractivity contribution in [1.29, 1.82) is 0 Å². The number of nitrogens with zero attached hydrogens (tertiary/aromatic N) is 2. The van der Waals surface area contributed by atoms with Crippen LogP contribution >= 0.6 is 0 Å². The number of hydrogen-bond acceptors (Lipinski definition) is 7. The minimum atomic E-state index is -4.46. The molecule has 1 aliphatic heterocycles.